The molecule has 0 fully saturated rings. The van der Waals surface area contributed by atoms with E-state index in [2.05, 4.69) is 10.0 Å². The number of hydrogen-bond donors (Lipinski definition) is 0. The molecule has 0 N–H and O–H groups in total. The molecule has 0 aliphatic heterocycles. The van der Waals surface area contributed by atoms with E-state index < -0.39 is 5.41 Å². The molecule has 0 heterocycles. The minimum Gasteiger partial charge on any atom is -0.465 e. The normalized spacial score (nSPS) is 12.3. The predicted molar refractivity (Wildman–Crippen MR) is 78.1 cm³/mol. The number of nitrogens with zero attached hydrogens (tertiary/aromatic N) is 3. The fourth-order valence-electron chi connectivity index (χ4n) is 1.69. The van der Waals surface area contributed by atoms with Crippen LogP contribution >= 0.6 is 0 Å². The number of hydrogen-bond acceptors (Lipinski definition) is 3. The van der Waals surface area contributed by atoms with Crippen molar-refractivity contribution in [3.05, 3.63) is 46.3 Å². The van der Waals surface area contributed by atoms with Gasteiger partial charge in [-0.05, 0) is 38.3 Å². The van der Waals surface area contributed by atoms with E-state index in [9.17, 15) is 4.79 Å². The molecule has 0 aliphatic carbocycles. The summed E-state index contributed by atoms with van der Waals surface area (Å²) in [5.74, 6) is -0.240. The highest BCUT2D eigenvalue weighted by Gasteiger charge is 2.24. The molecule has 0 saturated heterocycles. The highest BCUT2D eigenvalue weighted by molar-refractivity contribution is 5.75. The lowest BCUT2D eigenvalue weighted by Crippen LogP contribution is -2.27. The number of rotatable bonds is 6. The van der Waals surface area contributed by atoms with Crippen molar-refractivity contribution in [2.45, 2.75) is 27.2 Å². The van der Waals surface area contributed by atoms with E-state index in [0.29, 0.717) is 6.54 Å². The molecule has 5 nitrogen and oxygen atoms in total. The van der Waals surface area contributed by atoms with E-state index in [1.165, 1.54) is 0 Å². The Labute approximate surface area is 119 Å². The average Bonchev–Trinajstić information content (AvgIpc) is 2.41. The maximum Gasteiger partial charge on any atom is 0.311 e. The summed E-state index contributed by atoms with van der Waals surface area (Å²) in [7, 11) is 0. The van der Waals surface area contributed by atoms with Gasteiger partial charge in [-0.2, -0.15) is 0 Å². The second kappa shape index (κ2) is 7.56. The van der Waals surface area contributed by atoms with Crippen molar-refractivity contribution >= 4 is 5.97 Å². The molecule has 0 aromatic heterocycles. The van der Waals surface area contributed by atoms with Gasteiger partial charge in [0.2, 0.25) is 0 Å². The lowest BCUT2D eigenvalue weighted by molar-refractivity contribution is -0.154. The molecule has 1 atom stereocenters. The summed E-state index contributed by atoms with van der Waals surface area (Å²) < 4.78 is 5.32. The van der Waals surface area contributed by atoms with Crippen molar-refractivity contribution in [3.63, 3.8) is 0 Å². The quantitative estimate of drug-likeness (QED) is 0.343. The smallest absolute Gasteiger partial charge is 0.311 e. The van der Waals surface area contributed by atoms with Gasteiger partial charge in [-0.1, -0.05) is 35.4 Å². The molecule has 0 spiro atoms. The Balaban J connectivity index is 2.61. The molecule has 1 aromatic rings. The van der Waals surface area contributed by atoms with Crippen LogP contribution in [-0.2, 0) is 16.0 Å². The molecule has 108 valence electrons. The predicted octanol–water partition coefficient (Wildman–Crippen LogP) is 3.74. The largest absolute Gasteiger partial charge is 0.465 e. The second-order valence-electron chi connectivity index (χ2n) is 5.82. The molecule has 20 heavy (non-hydrogen) atoms. The number of ether oxygens (including phenoxy) is 1. The Morgan fingerprint density at radius 2 is 2.00 bits per heavy atom. The standard InChI is InChI=1S/C15H21N3O2/c1-15(2,3)14(19)20-11-13(10-17-18-16)9-12-7-5-4-6-8-12/h4-8,13H,9-11H2,1-3H3. The van der Waals surface area contributed by atoms with Crippen LogP contribution in [0.4, 0.5) is 0 Å². The third kappa shape index (κ3) is 5.76. The average molecular weight is 275 g/mol. The van der Waals surface area contributed by atoms with E-state index in [1.54, 1.807) is 0 Å². The third-order valence-corrected chi connectivity index (χ3v) is 2.83. The van der Waals surface area contributed by atoms with Gasteiger partial charge >= 0.3 is 5.97 Å². The van der Waals surface area contributed by atoms with Gasteiger partial charge in [0.05, 0.1) is 12.0 Å². The maximum absolute atomic E-state index is 11.8. The van der Waals surface area contributed by atoms with Gasteiger partial charge in [0.1, 0.15) is 0 Å². The van der Waals surface area contributed by atoms with Gasteiger partial charge in [0.25, 0.3) is 0 Å². The number of carbonyl (C=O) groups excluding carboxylic acids is 1. The minimum absolute atomic E-state index is 0.000370. The molecular formula is C15H21N3O2. The van der Waals surface area contributed by atoms with Crippen LogP contribution in [0.1, 0.15) is 26.3 Å². The first-order valence-corrected chi connectivity index (χ1v) is 6.65. The zero-order valence-corrected chi connectivity index (χ0v) is 12.2. The molecule has 0 amide bonds. The Morgan fingerprint density at radius 1 is 1.35 bits per heavy atom. The maximum atomic E-state index is 11.8. The first-order chi connectivity index (χ1) is 9.43. The molecule has 5 heteroatoms. The second-order valence-corrected chi connectivity index (χ2v) is 5.82. The SMILES string of the molecule is CC(C)(C)C(=O)OCC(CN=[N+]=[N-])Cc1ccccc1. The van der Waals surface area contributed by atoms with Crippen LogP contribution in [-0.4, -0.2) is 19.1 Å². The summed E-state index contributed by atoms with van der Waals surface area (Å²) in [5.41, 5.74) is 9.06. The first-order valence-electron chi connectivity index (χ1n) is 6.65. The summed E-state index contributed by atoms with van der Waals surface area (Å²) in [6.07, 6.45) is 0.720. The Morgan fingerprint density at radius 3 is 2.55 bits per heavy atom. The van der Waals surface area contributed by atoms with Crippen molar-refractivity contribution in [2.75, 3.05) is 13.2 Å². The highest BCUT2D eigenvalue weighted by Crippen LogP contribution is 2.17. The molecule has 0 bridgehead atoms. The van der Waals surface area contributed by atoms with E-state index in [1.807, 2.05) is 51.1 Å². The minimum atomic E-state index is -0.518. The zero-order valence-electron chi connectivity index (χ0n) is 12.2. The molecule has 0 radical (unpaired) electrons. The van der Waals surface area contributed by atoms with Crippen LogP contribution in [0.2, 0.25) is 0 Å². The van der Waals surface area contributed by atoms with Crippen LogP contribution in [0, 0.1) is 11.3 Å². The summed E-state index contributed by atoms with van der Waals surface area (Å²) in [6, 6.07) is 9.89. The molecule has 1 unspecified atom stereocenters. The van der Waals surface area contributed by atoms with E-state index in [-0.39, 0.29) is 18.5 Å². The molecular weight excluding hydrogens is 254 g/mol. The topological polar surface area (TPSA) is 75.1 Å². The lowest BCUT2D eigenvalue weighted by atomic mass is 9.97. The van der Waals surface area contributed by atoms with Gasteiger partial charge < -0.3 is 4.74 Å². The summed E-state index contributed by atoms with van der Waals surface area (Å²) in [4.78, 5) is 14.5. The summed E-state index contributed by atoms with van der Waals surface area (Å²) in [6.45, 7) is 6.03. The Kier molecular flexibility index (Phi) is 6.07. The van der Waals surface area contributed by atoms with E-state index >= 15 is 0 Å². The fourth-order valence-corrected chi connectivity index (χ4v) is 1.69. The molecule has 1 aromatic carbocycles. The molecule has 1 rings (SSSR count). The van der Waals surface area contributed by atoms with Crippen molar-refractivity contribution in [1.29, 1.82) is 0 Å². The van der Waals surface area contributed by atoms with Crippen molar-refractivity contribution in [3.8, 4) is 0 Å². The van der Waals surface area contributed by atoms with Gasteiger partial charge in [0.15, 0.2) is 0 Å². The van der Waals surface area contributed by atoms with Crippen molar-refractivity contribution in [1.82, 2.24) is 0 Å². The van der Waals surface area contributed by atoms with Crippen LogP contribution in [0.15, 0.2) is 35.4 Å². The monoisotopic (exact) mass is 275 g/mol. The Bertz CT molecular complexity index is 474. The van der Waals surface area contributed by atoms with Crippen molar-refractivity contribution < 1.29 is 9.53 Å². The zero-order chi connectivity index (χ0) is 15.0. The van der Waals surface area contributed by atoms with Crippen LogP contribution in [0.3, 0.4) is 0 Å². The highest BCUT2D eigenvalue weighted by atomic mass is 16.5. The fraction of sp³-hybridized carbons (Fsp3) is 0.533. The first kappa shape index (κ1) is 16.1. The molecule has 0 aliphatic rings. The van der Waals surface area contributed by atoms with Crippen LogP contribution < -0.4 is 0 Å². The molecule has 0 saturated carbocycles. The van der Waals surface area contributed by atoms with E-state index in [4.69, 9.17) is 10.3 Å². The van der Waals surface area contributed by atoms with Crippen LogP contribution in [0.5, 0.6) is 0 Å². The number of esters is 1. The number of benzene rings is 1. The van der Waals surface area contributed by atoms with Gasteiger partial charge in [0, 0.05) is 17.4 Å². The van der Waals surface area contributed by atoms with Gasteiger partial charge in [-0.3, -0.25) is 4.79 Å². The Hall–Kier alpha value is -2.00. The van der Waals surface area contributed by atoms with Gasteiger partial charge in [-0.15, -0.1) is 0 Å². The lowest BCUT2D eigenvalue weighted by Gasteiger charge is -2.20. The van der Waals surface area contributed by atoms with E-state index in [0.717, 1.165) is 12.0 Å². The van der Waals surface area contributed by atoms with Gasteiger partial charge in [-0.25, -0.2) is 0 Å². The third-order valence-electron chi connectivity index (χ3n) is 2.83. The number of carbonyl (C=O) groups is 1. The number of azide groups is 1. The summed E-state index contributed by atoms with van der Waals surface area (Å²) >= 11 is 0. The summed E-state index contributed by atoms with van der Waals surface area (Å²) in [5, 5.41) is 3.60. The van der Waals surface area contributed by atoms with Crippen molar-refractivity contribution in [2.24, 2.45) is 16.4 Å². The van der Waals surface area contributed by atoms with Crippen LogP contribution in [0.25, 0.3) is 10.4 Å².